The number of benzene rings is 1. The van der Waals surface area contributed by atoms with Gasteiger partial charge in [-0.3, -0.25) is 0 Å². The van der Waals surface area contributed by atoms with Crippen molar-refractivity contribution in [3.05, 3.63) is 29.6 Å². The van der Waals surface area contributed by atoms with Gasteiger partial charge in [-0.1, -0.05) is 6.07 Å². The number of rotatable bonds is 7. The van der Waals surface area contributed by atoms with Crippen LogP contribution in [0.25, 0.3) is 0 Å². The SMILES string of the molecule is CCS(=O)(=O)N(C)CCCNC(=S)Nc1ccc(C)c(F)c1. The summed E-state index contributed by atoms with van der Waals surface area (Å²) in [5, 5.41) is 6.23. The van der Waals surface area contributed by atoms with Gasteiger partial charge in [-0.25, -0.2) is 17.1 Å². The molecule has 1 aromatic carbocycles. The third kappa shape index (κ3) is 5.86. The molecule has 8 heteroatoms. The monoisotopic (exact) mass is 347 g/mol. The zero-order chi connectivity index (χ0) is 16.8. The molecular weight excluding hydrogens is 325 g/mol. The van der Waals surface area contributed by atoms with Gasteiger partial charge >= 0.3 is 0 Å². The molecule has 22 heavy (non-hydrogen) atoms. The highest BCUT2D eigenvalue weighted by atomic mass is 32.2. The third-order valence-corrected chi connectivity index (χ3v) is 5.31. The molecule has 0 radical (unpaired) electrons. The number of halogens is 1. The first kappa shape index (κ1) is 18.8. The molecule has 1 rings (SSSR count). The van der Waals surface area contributed by atoms with Gasteiger partial charge in [-0.2, -0.15) is 0 Å². The zero-order valence-electron chi connectivity index (χ0n) is 13.0. The van der Waals surface area contributed by atoms with Crippen LogP contribution in [0, 0.1) is 12.7 Å². The van der Waals surface area contributed by atoms with E-state index in [1.165, 1.54) is 10.4 Å². The van der Waals surface area contributed by atoms with E-state index in [1.807, 2.05) is 0 Å². The maximum atomic E-state index is 13.4. The number of sulfonamides is 1. The number of nitrogens with zero attached hydrogens (tertiary/aromatic N) is 1. The molecule has 0 heterocycles. The van der Waals surface area contributed by atoms with Crippen LogP contribution in [-0.2, 0) is 10.0 Å². The Morgan fingerprint density at radius 3 is 2.68 bits per heavy atom. The summed E-state index contributed by atoms with van der Waals surface area (Å²) >= 11 is 5.11. The molecule has 0 spiro atoms. The van der Waals surface area contributed by atoms with Gasteiger partial charge in [0.1, 0.15) is 5.82 Å². The summed E-state index contributed by atoms with van der Waals surface area (Å²) in [7, 11) is -1.58. The van der Waals surface area contributed by atoms with E-state index in [1.54, 1.807) is 33.0 Å². The Morgan fingerprint density at radius 2 is 2.09 bits per heavy atom. The van der Waals surface area contributed by atoms with Crippen LogP contribution in [-0.4, -0.2) is 43.7 Å². The molecule has 0 fully saturated rings. The average molecular weight is 347 g/mol. The molecule has 0 atom stereocenters. The van der Waals surface area contributed by atoms with Crippen molar-refractivity contribution in [2.24, 2.45) is 0 Å². The van der Waals surface area contributed by atoms with Crippen LogP contribution in [0.1, 0.15) is 18.9 Å². The van der Waals surface area contributed by atoms with E-state index in [4.69, 9.17) is 12.2 Å². The predicted octanol–water partition coefficient (Wildman–Crippen LogP) is 2.09. The Bertz CT molecular complexity index is 621. The first-order valence-corrected chi connectivity index (χ1v) is 9.03. The Hall–Kier alpha value is -1.25. The Morgan fingerprint density at radius 1 is 1.41 bits per heavy atom. The van der Waals surface area contributed by atoms with Crippen molar-refractivity contribution in [3.8, 4) is 0 Å². The number of aryl methyl sites for hydroxylation is 1. The molecule has 1 aromatic rings. The van der Waals surface area contributed by atoms with Crippen molar-refractivity contribution < 1.29 is 12.8 Å². The van der Waals surface area contributed by atoms with Gasteiger partial charge < -0.3 is 10.6 Å². The second kappa shape index (κ2) is 8.40. The highest BCUT2D eigenvalue weighted by molar-refractivity contribution is 7.89. The standard InChI is InChI=1S/C14H22FN3O2S2/c1-4-22(19,20)18(3)9-5-8-16-14(21)17-12-7-6-11(2)13(15)10-12/h6-7,10H,4-5,8-9H2,1-3H3,(H2,16,17,21). The topological polar surface area (TPSA) is 61.4 Å². The summed E-state index contributed by atoms with van der Waals surface area (Å²) in [6.45, 7) is 4.26. The molecule has 5 nitrogen and oxygen atoms in total. The molecule has 0 aliphatic rings. The van der Waals surface area contributed by atoms with Crippen LogP contribution in [0.4, 0.5) is 10.1 Å². The fourth-order valence-electron chi connectivity index (χ4n) is 1.71. The lowest BCUT2D eigenvalue weighted by atomic mass is 10.2. The zero-order valence-corrected chi connectivity index (χ0v) is 14.7. The van der Waals surface area contributed by atoms with E-state index in [0.717, 1.165) is 0 Å². The van der Waals surface area contributed by atoms with E-state index in [-0.39, 0.29) is 11.6 Å². The number of hydrogen-bond acceptors (Lipinski definition) is 3. The summed E-state index contributed by atoms with van der Waals surface area (Å²) in [6.07, 6.45) is 0.625. The molecule has 0 aromatic heterocycles. The van der Waals surface area contributed by atoms with Gasteiger partial charge in [0.15, 0.2) is 5.11 Å². The van der Waals surface area contributed by atoms with Crippen molar-refractivity contribution in [3.63, 3.8) is 0 Å². The van der Waals surface area contributed by atoms with Crippen LogP contribution >= 0.6 is 12.2 Å². The van der Waals surface area contributed by atoms with Crippen LogP contribution in [0.15, 0.2) is 18.2 Å². The molecule has 0 unspecified atom stereocenters. The fraction of sp³-hybridized carbons (Fsp3) is 0.500. The molecule has 0 saturated carbocycles. The first-order valence-electron chi connectivity index (χ1n) is 7.01. The molecule has 0 aliphatic carbocycles. The van der Waals surface area contributed by atoms with Crippen molar-refractivity contribution in [1.82, 2.24) is 9.62 Å². The van der Waals surface area contributed by atoms with Crippen molar-refractivity contribution in [2.75, 3.05) is 31.2 Å². The van der Waals surface area contributed by atoms with Gasteiger partial charge in [0.25, 0.3) is 0 Å². The minimum Gasteiger partial charge on any atom is -0.362 e. The van der Waals surface area contributed by atoms with Gasteiger partial charge in [-0.05, 0) is 50.2 Å². The van der Waals surface area contributed by atoms with E-state index in [9.17, 15) is 12.8 Å². The quantitative estimate of drug-likeness (QED) is 0.584. The Labute approximate surface area is 136 Å². The summed E-state index contributed by atoms with van der Waals surface area (Å²) < 4.78 is 37.9. The van der Waals surface area contributed by atoms with Gasteiger partial charge in [0.05, 0.1) is 5.75 Å². The minimum atomic E-state index is -3.14. The van der Waals surface area contributed by atoms with Gasteiger partial charge in [0.2, 0.25) is 10.0 Å². The number of hydrogen-bond donors (Lipinski definition) is 2. The molecule has 0 aliphatic heterocycles. The summed E-state index contributed by atoms with van der Waals surface area (Å²) in [5.41, 5.74) is 1.15. The Kier molecular flexibility index (Phi) is 7.18. The van der Waals surface area contributed by atoms with Crippen LogP contribution < -0.4 is 10.6 Å². The third-order valence-electron chi connectivity index (χ3n) is 3.20. The highest BCUT2D eigenvalue weighted by Crippen LogP contribution is 2.13. The smallest absolute Gasteiger partial charge is 0.213 e. The van der Waals surface area contributed by atoms with Crippen molar-refractivity contribution in [1.29, 1.82) is 0 Å². The van der Waals surface area contributed by atoms with Crippen molar-refractivity contribution in [2.45, 2.75) is 20.3 Å². The second-order valence-electron chi connectivity index (χ2n) is 4.92. The number of nitrogens with one attached hydrogen (secondary N) is 2. The summed E-state index contributed by atoms with van der Waals surface area (Å²) in [4.78, 5) is 0. The predicted molar refractivity (Wildman–Crippen MR) is 92.1 cm³/mol. The number of anilines is 1. The summed E-state index contributed by atoms with van der Waals surface area (Å²) in [6, 6.07) is 4.80. The van der Waals surface area contributed by atoms with Gasteiger partial charge in [0, 0.05) is 25.8 Å². The maximum Gasteiger partial charge on any atom is 0.213 e. The van der Waals surface area contributed by atoms with E-state index < -0.39 is 10.0 Å². The number of thiocarbonyl (C=S) groups is 1. The molecule has 2 N–H and O–H groups in total. The first-order chi connectivity index (χ1) is 10.3. The minimum absolute atomic E-state index is 0.0931. The van der Waals surface area contributed by atoms with E-state index in [2.05, 4.69) is 10.6 Å². The normalized spacial score (nSPS) is 11.5. The molecule has 0 bridgehead atoms. The maximum absolute atomic E-state index is 13.4. The second-order valence-corrected chi connectivity index (χ2v) is 7.69. The van der Waals surface area contributed by atoms with E-state index >= 15 is 0 Å². The van der Waals surface area contributed by atoms with Crippen LogP contribution in [0.3, 0.4) is 0 Å². The molecule has 124 valence electrons. The molecule has 0 amide bonds. The Balaban J connectivity index is 2.33. The van der Waals surface area contributed by atoms with Crippen LogP contribution in [0.2, 0.25) is 0 Å². The van der Waals surface area contributed by atoms with Gasteiger partial charge in [-0.15, -0.1) is 0 Å². The van der Waals surface area contributed by atoms with Crippen molar-refractivity contribution >= 4 is 33.0 Å². The van der Waals surface area contributed by atoms with Crippen LogP contribution in [0.5, 0.6) is 0 Å². The lowest BCUT2D eigenvalue weighted by Gasteiger charge is -2.16. The molecule has 0 saturated heterocycles. The van der Waals surface area contributed by atoms with E-state index in [0.29, 0.717) is 35.9 Å². The molecular formula is C14H22FN3O2S2. The average Bonchev–Trinajstić information content (AvgIpc) is 2.47. The fourth-order valence-corrected chi connectivity index (χ4v) is 2.78. The lowest BCUT2D eigenvalue weighted by Crippen LogP contribution is -2.33. The largest absolute Gasteiger partial charge is 0.362 e. The lowest BCUT2D eigenvalue weighted by molar-refractivity contribution is 0.462. The summed E-state index contributed by atoms with van der Waals surface area (Å²) in [5.74, 6) is -0.199. The highest BCUT2D eigenvalue weighted by Gasteiger charge is 2.13.